The molecule has 0 atom stereocenters. The quantitative estimate of drug-likeness (QED) is 0.695. The van der Waals surface area contributed by atoms with Gasteiger partial charge in [0, 0.05) is 19.3 Å². The van der Waals surface area contributed by atoms with Crippen molar-refractivity contribution in [3.63, 3.8) is 0 Å². The largest absolute Gasteiger partial charge is 0.398 e. The van der Waals surface area contributed by atoms with Gasteiger partial charge in [-0.05, 0) is 19.1 Å². The SMILES string of the molecule is CCN(C)C(=O)c1ccccc1N. The van der Waals surface area contributed by atoms with Crippen LogP contribution in [0.25, 0.3) is 0 Å². The van der Waals surface area contributed by atoms with Crippen molar-refractivity contribution < 1.29 is 4.79 Å². The first-order valence-corrected chi connectivity index (χ1v) is 4.26. The van der Waals surface area contributed by atoms with Crippen molar-refractivity contribution in [2.45, 2.75) is 6.92 Å². The number of para-hydroxylation sites is 1. The van der Waals surface area contributed by atoms with Gasteiger partial charge in [-0.3, -0.25) is 4.79 Å². The number of nitrogen functional groups attached to an aromatic ring is 1. The number of nitrogens with two attached hydrogens (primary N) is 1. The fourth-order valence-electron chi connectivity index (χ4n) is 1.04. The monoisotopic (exact) mass is 178 g/mol. The molecular formula is C10H14N2O. The van der Waals surface area contributed by atoms with E-state index >= 15 is 0 Å². The van der Waals surface area contributed by atoms with E-state index in [0.29, 0.717) is 17.8 Å². The van der Waals surface area contributed by atoms with Crippen LogP contribution >= 0.6 is 0 Å². The van der Waals surface area contributed by atoms with Gasteiger partial charge in [-0.1, -0.05) is 12.1 Å². The predicted octanol–water partition coefficient (Wildman–Crippen LogP) is 1.36. The molecule has 1 aromatic carbocycles. The minimum atomic E-state index is -0.0272. The van der Waals surface area contributed by atoms with Gasteiger partial charge in [0.2, 0.25) is 0 Å². The van der Waals surface area contributed by atoms with Crippen molar-refractivity contribution in [3.8, 4) is 0 Å². The number of carbonyl (C=O) groups excluding carboxylic acids is 1. The molecule has 0 spiro atoms. The van der Waals surface area contributed by atoms with Crippen LogP contribution in [0.3, 0.4) is 0 Å². The molecule has 0 radical (unpaired) electrons. The molecule has 0 aromatic heterocycles. The minimum absolute atomic E-state index is 0.0272. The highest BCUT2D eigenvalue weighted by atomic mass is 16.2. The number of rotatable bonds is 2. The molecule has 2 N–H and O–H groups in total. The molecule has 0 saturated heterocycles. The smallest absolute Gasteiger partial charge is 0.255 e. The summed E-state index contributed by atoms with van der Waals surface area (Å²) in [6.07, 6.45) is 0. The van der Waals surface area contributed by atoms with Crippen LogP contribution in [0.1, 0.15) is 17.3 Å². The third-order valence-electron chi connectivity index (χ3n) is 2.01. The molecule has 1 amide bonds. The van der Waals surface area contributed by atoms with E-state index in [1.807, 2.05) is 19.1 Å². The van der Waals surface area contributed by atoms with Crippen molar-refractivity contribution in [1.82, 2.24) is 4.90 Å². The fourth-order valence-corrected chi connectivity index (χ4v) is 1.04. The first kappa shape index (κ1) is 9.58. The van der Waals surface area contributed by atoms with E-state index in [4.69, 9.17) is 5.73 Å². The fraction of sp³-hybridized carbons (Fsp3) is 0.300. The summed E-state index contributed by atoms with van der Waals surface area (Å²) < 4.78 is 0. The molecule has 0 aliphatic carbocycles. The lowest BCUT2D eigenvalue weighted by atomic mass is 10.1. The zero-order valence-corrected chi connectivity index (χ0v) is 7.95. The van der Waals surface area contributed by atoms with Gasteiger partial charge < -0.3 is 10.6 Å². The Morgan fingerprint density at radius 2 is 2.08 bits per heavy atom. The van der Waals surface area contributed by atoms with E-state index in [0.717, 1.165) is 0 Å². The number of anilines is 1. The summed E-state index contributed by atoms with van der Waals surface area (Å²) in [7, 11) is 1.76. The molecule has 0 bridgehead atoms. The Morgan fingerprint density at radius 1 is 1.46 bits per heavy atom. The lowest BCUT2D eigenvalue weighted by Crippen LogP contribution is -2.26. The van der Waals surface area contributed by atoms with Crippen molar-refractivity contribution in [3.05, 3.63) is 29.8 Å². The average Bonchev–Trinajstić information content (AvgIpc) is 2.16. The Morgan fingerprint density at radius 3 is 2.62 bits per heavy atom. The van der Waals surface area contributed by atoms with Crippen LogP contribution in [0, 0.1) is 0 Å². The molecule has 0 saturated carbocycles. The number of hydrogen-bond acceptors (Lipinski definition) is 2. The van der Waals surface area contributed by atoms with Gasteiger partial charge in [0.05, 0.1) is 5.56 Å². The van der Waals surface area contributed by atoms with Crippen LogP contribution in [0.15, 0.2) is 24.3 Å². The summed E-state index contributed by atoms with van der Waals surface area (Å²) in [6.45, 7) is 2.62. The second kappa shape index (κ2) is 3.94. The molecule has 3 nitrogen and oxygen atoms in total. The zero-order valence-electron chi connectivity index (χ0n) is 7.95. The van der Waals surface area contributed by atoms with Crippen LogP contribution in [-0.4, -0.2) is 24.4 Å². The van der Waals surface area contributed by atoms with Crippen LogP contribution in [0.4, 0.5) is 5.69 Å². The molecule has 3 heteroatoms. The lowest BCUT2D eigenvalue weighted by Gasteiger charge is -2.15. The standard InChI is InChI=1S/C10H14N2O/c1-3-12(2)10(13)8-6-4-5-7-9(8)11/h4-7H,3,11H2,1-2H3. The van der Waals surface area contributed by atoms with Gasteiger partial charge >= 0.3 is 0 Å². The lowest BCUT2D eigenvalue weighted by molar-refractivity contribution is 0.0803. The van der Waals surface area contributed by atoms with Crippen molar-refractivity contribution in [1.29, 1.82) is 0 Å². The molecule has 0 aliphatic heterocycles. The summed E-state index contributed by atoms with van der Waals surface area (Å²) in [5, 5.41) is 0. The minimum Gasteiger partial charge on any atom is -0.398 e. The molecular weight excluding hydrogens is 164 g/mol. The first-order chi connectivity index (χ1) is 6.16. The van der Waals surface area contributed by atoms with Crippen LogP contribution in [0.5, 0.6) is 0 Å². The van der Waals surface area contributed by atoms with E-state index in [1.54, 1.807) is 24.1 Å². The molecule has 0 fully saturated rings. The van der Waals surface area contributed by atoms with Crippen LogP contribution in [0.2, 0.25) is 0 Å². The highest BCUT2D eigenvalue weighted by Gasteiger charge is 2.11. The summed E-state index contributed by atoms with van der Waals surface area (Å²) in [6, 6.07) is 7.10. The number of benzene rings is 1. The van der Waals surface area contributed by atoms with E-state index in [1.165, 1.54) is 0 Å². The maximum atomic E-state index is 11.6. The Balaban J connectivity index is 2.95. The van der Waals surface area contributed by atoms with Gasteiger partial charge in [-0.2, -0.15) is 0 Å². The zero-order chi connectivity index (χ0) is 9.84. The molecule has 0 heterocycles. The highest BCUT2D eigenvalue weighted by Crippen LogP contribution is 2.12. The second-order valence-electron chi connectivity index (χ2n) is 2.91. The van der Waals surface area contributed by atoms with Crippen molar-refractivity contribution in [2.24, 2.45) is 0 Å². The first-order valence-electron chi connectivity index (χ1n) is 4.26. The second-order valence-corrected chi connectivity index (χ2v) is 2.91. The van der Waals surface area contributed by atoms with Gasteiger partial charge in [-0.25, -0.2) is 0 Å². The summed E-state index contributed by atoms with van der Waals surface area (Å²) in [5.41, 5.74) is 6.78. The third kappa shape index (κ3) is 1.99. The predicted molar refractivity (Wildman–Crippen MR) is 53.5 cm³/mol. The highest BCUT2D eigenvalue weighted by molar-refractivity contribution is 5.98. The topological polar surface area (TPSA) is 46.3 Å². The number of nitrogens with zero attached hydrogens (tertiary/aromatic N) is 1. The van der Waals surface area contributed by atoms with Gasteiger partial charge in [0.15, 0.2) is 0 Å². The number of carbonyl (C=O) groups is 1. The number of amides is 1. The number of hydrogen-bond donors (Lipinski definition) is 1. The Hall–Kier alpha value is -1.51. The molecule has 0 aliphatic rings. The average molecular weight is 178 g/mol. The van der Waals surface area contributed by atoms with E-state index in [9.17, 15) is 4.79 Å². The molecule has 1 rings (SSSR count). The summed E-state index contributed by atoms with van der Waals surface area (Å²) in [4.78, 5) is 13.3. The van der Waals surface area contributed by atoms with E-state index < -0.39 is 0 Å². The van der Waals surface area contributed by atoms with Gasteiger partial charge in [-0.15, -0.1) is 0 Å². The maximum absolute atomic E-state index is 11.6. The molecule has 13 heavy (non-hydrogen) atoms. The van der Waals surface area contributed by atoms with E-state index in [-0.39, 0.29) is 5.91 Å². The molecule has 0 unspecified atom stereocenters. The third-order valence-corrected chi connectivity index (χ3v) is 2.01. The molecule has 70 valence electrons. The van der Waals surface area contributed by atoms with Gasteiger partial charge in [0.1, 0.15) is 0 Å². The van der Waals surface area contributed by atoms with Crippen LogP contribution < -0.4 is 5.73 Å². The Bertz CT molecular complexity index is 310. The van der Waals surface area contributed by atoms with Crippen LogP contribution in [-0.2, 0) is 0 Å². The normalized spacial score (nSPS) is 9.69. The van der Waals surface area contributed by atoms with Gasteiger partial charge in [0.25, 0.3) is 5.91 Å². The maximum Gasteiger partial charge on any atom is 0.255 e. The molecule has 1 aromatic rings. The summed E-state index contributed by atoms with van der Waals surface area (Å²) >= 11 is 0. The van der Waals surface area contributed by atoms with Crippen molar-refractivity contribution >= 4 is 11.6 Å². The Kier molecular flexibility index (Phi) is 2.90. The summed E-state index contributed by atoms with van der Waals surface area (Å²) in [5.74, 6) is -0.0272. The Labute approximate surface area is 78.2 Å². The van der Waals surface area contributed by atoms with E-state index in [2.05, 4.69) is 0 Å². The van der Waals surface area contributed by atoms with Crippen molar-refractivity contribution in [2.75, 3.05) is 19.3 Å².